The van der Waals surface area contributed by atoms with Crippen molar-refractivity contribution < 1.29 is 24.5 Å². The van der Waals surface area contributed by atoms with E-state index in [-0.39, 0.29) is 5.56 Å². The SMILES string of the molecule is CONC(=O)c1ccc(F)c([NH+]([O-])O)c1. The lowest BCUT2D eigenvalue weighted by Crippen LogP contribution is -2.99. The van der Waals surface area contributed by atoms with E-state index in [2.05, 4.69) is 4.84 Å². The van der Waals surface area contributed by atoms with E-state index in [1.165, 1.54) is 7.11 Å². The van der Waals surface area contributed by atoms with Crippen molar-refractivity contribution in [3.8, 4) is 0 Å². The number of carbonyl (C=O) groups is 1. The van der Waals surface area contributed by atoms with E-state index >= 15 is 0 Å². The fraction of sp³-hybridized carbons (Fsp3) is 0.125. The van der Waals surface area contributed by atoms with Gasteiger partial charge in [-0.25, -0.2) is 15.1 Å². The van der Waals surface area contributed by atoms with Crippen molar-refractivity contribution in [1.82, 2.24) is 5.48 Å². The molecule has 1 aromatic rings. The first-order valence-corrected chi connectivity index (χ1v) is 3.92. The summed E-state index contributed by atoms with van der Waals surface area (Å²) in [6, 6.07) is 3.01. The Morgan fingerprint density at radius 3 is 2.87 bits per heavy atom. The van der Waals surface area contributed by atoms with Crippen molar-refractivity contribution in [1.29, 1.82) is 0 Å². The Bertz CT molecular complexity index is 370. The maximum atomic E-state index is 12.9. The minimum Gasteiger partial charge on any atom is -0.595 e. The van der Waals surface area contributed by atoms with E-state index in [0.717, 1.165) is 18.2 Å². The molecular formula is C8H9FN2O4. The predicted molar refractivity (Wildman–Crippen MR) is 46.7 cm³/mol. The van der Waals surface area contributed by atoms with Crippen LogP contribution in [0.15, 0.2) is 18.2 Å². The zero-order valence-corrected chi connectivity index (χ0v) is 7.78. The zero-order valence-electron chi connectivity index (χ0n) is 7.78. The molecule has 0 saturated carbocycles. The Labute approximate surface area is 84.4 Å². The standard InChI is InChI=1S/C8H9FN2O4/c1-15-10-8(12)5-2-3-6(9)7(4-5)11(13)14/h2-4,11,13H,1H3,(H,10,12). The molecular weight excluding hydrogens is 207 g/mol. The summed E-state index contributed by atoms with van der Waals surface area (Å²) in [5.41, 5.74) is 1.45. The lowest BCUT2D eigenvalue weighted by atomic mass is 10.2. The van der Waals surface area contributed by atoms with Crippen LogP contribution in [0.5, 0.6) is 0 Å². The van der Waals surface area contributed by atoms with Crippen LogP contribution in [0.3, 0.4) is 0 Å². The van der Waals surface area contributed by atoms with E-state index in [1.54, 1.807) is 0 Å². The van der Waals surface area contributed by atoms with Gasteiger partial charge in [0.2, 0.25) is 5.69 Å². The second-order valence-electron chi connectivity index (χ2n) is 2.64. The molecule has 6 nitrogen and oxygen atoms in total. The Hall–Kier alpha value is -1.54. The number of hydroxylamine groups is 1. The number of hydrogen-bond acceptors (Lipinski definition) is 4. The number of carbonyl (C=O) groups excluding carboxylic acids is 1. The largest absolute Gasteiger partial charge is 0.595 e. The summed E-state index contributed by atoms with van der Waals surface area (Å²) in [6.45, 7) is 0. The lowest BCUT2D eigenvalue weighted by molar-refractivity contribution is -0.992. The third-order valence-electron chi connectivity index (χ3n) is 1.65. The molecule has 1 unspecified atom stereocenters. The van der Waals surface area contributed by atoms with Gasteiger partial charge in [-0.15, -0.1) is 0 Å². The quantitative estimate of drug-likeness (QED) is 0.596. The number of quaternary nitrogens is 1. The molecule has 1 aromatic carbocycles. The fourth-order valence-electron chi connectivity index (χ4n) is 0.982. The Kier molecular flexibility index (Phi) is 3.69. The molecule has 82 valence electrons. The molecule has 0 aliphatic rings. The minimum absolute atomic E-state index is 0.00986. The van der Waals surface area contributed by atoms with Gasteiger partial charge in [-0.2, -0.15) is 5.23 Å². The van der Waals surface area contributed by atoms with Crippen molar-refractivity contribution in [2.45, 2.75) is 0 Å². The molecule has 0 radical (unpaired) electrons. The second-order valence-corrected chi connectivity index (χ2v) is 2.64. The normalized spacial score (nSPS) is 12.3. The predicted octanol–water partition coefficient (Wildman–Crippen LogP) is -0.480. The van der Waals surface area contributed by atoms with Gasteiger partial charge in [0.25, 0.3) is 5.91 Å². The number of rotatable bonds is 3. The zero-order chi connectivity index (χ0) is 11.4. The molecule has 0 fully saturated rings. The first-order valence-electron chi connectivity index (χ1n) is 3.92. The first-order chi connectivity index (χ1) is 7.06. The molecule has 0 heterocycles. The minimum atomic E-state index is -1.43. The van der Waals surface area contributed by atoms with Crippen molar-refractivity contribution in [2.75, 3.05) is 7.11 Å². The summed E-state index contributed by atoms with van der Waals surface area (Å²) >= 11 is 0. The van der Waals surface area contributed by atoms with Crippen LogP contribution >= 0.6 is 0 Å². The highest BCUT2D eigenvalue weighted by atomic mass is 19.1. The molecule has 1 atom stereocenters. The number of hydrogen-bond donors (Lipinski definition) is 3. The van der Waals surface area contributed by atoms with Gasteiger partial charge in [0, 0.05) is 11.6 Å². The molecule has 7 heteroatoms. The second kappa shape index (κ2) is 4.80. The molecule has 0 aliphatic carbocycles. The molecule has 1 amide bonds. The highest BCUT2D eigenvalue weighted by molar-refractivity contribution is 5.94. The number of amides is 1. The van der Waals surface area contributed by atoms with Crippen molar-refractivity contribution in [3.05, 3.63) is 34.8 Å². The topological polar surface area (TPSA) is 86.1 Å². The molecule has 0 saturated heterocycles. The van der Waals surface area contributed by atoms with Crippen LogP contribution in [0.2, 0.25) is 0 Å². The van der Waals surface area contributed by atoms with Crippen LogP contribution in [0.1, 0.15) is 10.4 Å². The third-order valence-corrected chi connectivity index (χ3v) is 1.65. The van der Waals surface area contributed by atoms with Crippen molar-refractivity contribution in [3.63, 3.8) is 0 Å². The summed E-state index contributed by atoms with van der Waals surface area (Å²) in [4.78, 5) is 15.5. The van der Waals surface area contributed by atoms with Crippen LogP contribution in [0.25, 0.3) is 0 Å². The molecule has 0 spiro atoms. The van der Waals surface area contributed by atoms with E-state index in [4.69, 9.17) is 5.21 Å². The van der Waals surface area contributed by atoms with Gasteiger partial charge >= 0.3 is 0 Å². The van der Waals surface area contributed by atoms with Gasteiger partial charge in [-0.1, -0.05) is 0 Å². The van der Waals surface area contributed by atoms with Gasteiger partial charge in [-0.3, -0.25) is 9.63 Å². The van der Waals surface area contributed by atoms with Gasteiger partial charge in [0.1, 0.15) is 0 Å². The van der Waals surface area contributed by atoms with E-state index < -0.39 is 22.6 Å². The van der Waals surface area contributed by atoms with Crippen LogP contribution < -0.4 is 10.7 Å². The molecule has 0 aromatic heterocycles. The molecule has 1 rings (SSSR count). The maximum absolute atomic E-state index is 12.9. The summed E-state index contributed by atoms with van der Waals surface area (Å²) < 4.78 is 12.9. The van der Waals surface area contributed by atoms with Gasteiger partial charge in [0.05, 0.1) is 7.11 Å². The highest BCUT2D eigenvalue weighted by Gasteiger charge is 2.13. The smallest absolute Gasteiger partial charge is 0.275 e. The first kappa shape index (κ1) is 11.5. The van der Waals surface area contributed by atoms with E-state index in [0.29, 0.717) is 0 Å². The molecule has 0 aliphatic heterocycles. The summed E-state index contributed by atoms with van der Waals surface area (Å²) in [6.07, 6.45) is 0. The monoisotopic (exact) mass is 216 g/mol. The molecule has 0 bridgehead atoms. The maximum Gasteiger partial charge on any atom is 0.275 e. The van der Waals surface area contributed by atoms with Gasteiger partial charge in [0.15, 0.2) is 5.82 Å². The Balaban J connectivity index is 3.02. The molecule has 15 heavy (non-hydrogen) atoms. The third kappa shape index (κ3) is 2.70. The molecule has 3 N–H and O–H groups in total. The van der Waals surface area contributed by atoms with E-state index in [1.807, 2.05) is 5.48 Å². The Morgan fingerprint density at radius 1 is 1.67 bits per heavy atom. The average molecular weight is 216 g/mol. The number of benzene rings is 1. The summed E-state index contributed by atoms with van der Waals surface area (Å²) in [5.74, 6) is -1.53. The fourth-order valence-corrected chi connectivity index (χ4v) is 0.982. The Morgan fingerprint density at radius 2 is 2.33 bits per heavy atom. The summed E-state index contributed by atoms with van der Waals surface area (Å²) in [5, 5.41) is 17.7. The summed E-state index contributed by atoms with van der Waals surface area (Å²) in [7, 11) is 1.24. The van der Waals surface area contributed by atoms with Crippen molar-refractivity contribution in [2.24, 2.45) is 0 Å². The van der Waals surface area contributed by atoms with Gasteiger partial charge in [-0.05, 0) is 12.1 Å². The van der Waals surface area contributed by atoms with E-state index in [9.17, 15) is 14.4 Å². The van der Waals surface area contributed by atoms with Crippen LogP contribution in [0.4, 0.5) is 10.1 Å². The lowest BCUT2D eigenvalue weighted by Gasteiger charge is -2.12. The van der Waals surface area contributed by atoms with Crippen LogP contribution in [-0.2, 0) is 4.84 Å². The number of nitrogens with one attached hydrogen (secondary N) is 2. The number of halogens is 1. The average Bonchev–Trinajstić information content (AvgIpc) is 2.18. The highest BCUT2D eigenvalue weighted by Crippen LogP contribution is 2.11. The van der Waals surface area contributed by atoms with Crippen molar-refractivity contribution >= 4 is 11.6 Å². The van der Waals surface area contributed by atoms with Crippen LogP contribution in [0, 0.1) is 11.0 Å². The van der Waals surface area contributed by atoms with Gasteiger partial charge < -0.3 is 5.21 Å². The van der Waals surface area contributed by atoms with Crippen LogP contribution in [-0.4, -0.2) is 18.2 Å².